The number of unbranched alkanes of at least 4 members (excludes halogenated alkanes) is 1. The Morgan fingerprint density at radius 3 is 2.67 bits per heavy atom. The highest BCUT2D eigenvalue weighted by Crippen LogP contribution is 2.20. The molecule has 18 heavy (non-hydrogen) atoms. The number of aromatic amines is 1. The van der Waals surface area contributed by atoms with Crippen molar-refractivity contribution in [1.29, 1.82) is 0 Å². The van der Waals surface area contributed by atoms with Crippen molar-refractivity contribution in [2.75, 3.05) is 0 Å². The number of H-pyrrole nitrogens is 1. The first-order valence-electron chi connectivity index (χ1n) is 7.27. The molecule has 1 aromatic carbocycles. The molecular formula is C16H24N2. The summed E-state index contributed by atoms with van der Waals surface area (Å²) in [5.41, 5.74) is 2.26. The molecule has 1 aromatic heterocycles. The molecule has 1 unspecified atom stereocenters. The summed E-state index contributed by atoms with van der Waals surface area (Å²) in [6, 6.07) is 8.29. The highest BCUT2D eigenvalue weighted by Gasteiger charge is 2.11. The van der Waals surface area contributed by atoms with Crippen LogP contribution in [0.1, 0.15) is 51.8 Å². The average molecular weight is 244 g/mol. The van der Waals surface area contributed by atoms with E-state index in [1.165, 1.54) is 37.6 Å². The van der Waals surface area contributed by atoms with Gasteiger partial charge in [-0.2, -0.15) is 0 Å². The van der Waals surface area contributed by atoms with Crippen LogP contribution in [0.2, 0.25) is 0 Å². The van der Waals surface area contributed by atoms with Gasteiger partial charge in [-0.3, -0.25) is 0 Å². The van der Waals surface area contributed by atoms with Gasteiger partial charge in [0.2, 0.25) is 0 Å². The third kappa shape index (κ3) is 3.34. The summed E-state index contributed by atoms with van der Waals surface area (Å²) in [7, 11) is 0. The lowest BCUT2D eigenvalue weighted by molar-refractivity contribution is 0.420. The van der Waals surface area contributed by atoms with Crippen LogP contribution in [0.3, 0.4) is 0 Å². The highest BCUT2D eigenvalue weighted by molar-refractivity contribution is 5.74. The van der Waals surface area contributed by atoms with Crippen molar-refractivity contribution in [3.05, 3.63) is 30.1 Å². The monoisotopic (exact) mass is 244 g/mol. The van der Waals surface area contributed by atoms with E-state index in [-0.39, 0.29) is 0 Å². The van der Waals surface area contributed by atoms with E-state index in [1.807, 2.05) is 6.07 Å². The molecule has 2 rings (SSSR count). The molecule has 0 aliphatic carbocycles. The number of nitrogens with zero attached hydrogens (tertiary/aromatic N) is 1. The van der Waals surface area contributed by atoms with E-state index in [2.05, 4.69) is 42.0 Å². The van der Waals surface area contributed by atoms with Gasteiger partial charge in [0, 0.05) is 6.42 Å². The predicted octanol–water partition coefficient (Wildman–Crippen LogP) is 4.71. The lowest BCUT2D eigenvalue weighted by Crippen LogP contribution is -2.05. The molecule has 1 heterocycles. The van der Waals surface area contributed by atoms with Crippen LogP contribution < -0.4 is 0 Å². The normalized spacial score (nSPS) is 13.0. The molecule has 2 nitrogen and oxygen atoms in total. The summed E-state index contributed by atoms with van der Waals surface area (Å²) >= 11 is 0. The van der Waals surface area contributed by atoms with Gasteiger partial charge in [-0.15, -0.1) is 0 Å². The van der Waals surface area contributed by atoms with Crippen molar-refractivity contribution in [3.8, 4) is 0 Å². The summed E-state index contributed by atoms with van der Waals surface area (Å²) in [5, 5.41) is 0. The largest absolute Gasteiger partial charge is 0.342 e. The molecule has 2 aromatic rings. The molecule has 0 aliphatic rings. The third-order valence-corrected chi connectivity index (χ3v) is 3.58. The molecular weight excluding hydrogens is 220 g/mol. The summed E-state index contributed by atoms with van der Waals surface area (Å²) in [6.45, 7) is 4.54. The molecule has 0 radical (unpaired) electrons. The van der Waals surface area contributed by atoms with Gasteiger partial charge in [0.15, 0.2) is 0 Å². The molecule has 98 valence electrons. The van der Waals surface area contributed by atoms with Gasteiger partial charge in [-0.05, 0) is 18.1 Å². The van der Waals surface area contributed by atoms with E-state index in [0.29, 0.717) is 0 Å². The maximum Gasteiger partial charge on any atom is 0.107 e. The van der Waals surface area contributed by atoms with E-state index in [0.717, 1.165) is 23.7 Å². The van der Waals surface area contributed by atoms with Gasteiger partial charge in [0.25, 0.3) is 0 Å². The number of rotatable bonds is 7. The first-order valence-corrected chi connectivity index (χ1v) is 7.27. The highest BCUT2D eigenvalue weighted by atomic mass is 14.9. The number of hydrogen-bond donors (Lipinski definition) is 1. The Hall–Kier alpha value is -1.31. The van der Waals surface area contributed by atoms with Crippen LogP contribution in [0.4, 0.5) is 0 Å². The Kier molecular flexibility index (Phi) is 4.80. The lowest BCUT2D eigenvalue weighted by Gasteiger charge is -2.13. The number of nitrogens with one attached hydrogen (secondary N) is 1. The van der Waals surface area contributed by atoms with Crippen molar-refractivity contribution >= 4 is 11.0 Å². The molecule has 0 saturated heterocycles. The molecule has 2 heteroatoms. The topological polar surface area (TPSA) is 28.7 Å². The third-order valence-electron chi connectivity index (χ3n) is 3.58. The van der Waals surface area contributed by atoms with Crippen molar-refractivity contribution in [3.63, 3.8) is 0 Å². The molecule has 0 aliphatic heterocycles. The van der Waals surface area contributed by atoms with Crippen LogP contribution in [0.5, 0.6) is 0 Å². The van der Waals surface area contributed by atoms with Crippen molar-refractivity contribution in [1.82, 2.24) is 9.97 Å². The molecule has 0 spiro atoms. The lowest BCUT2D eigenvalue weighted by atomic mass is 9.93. The SMILES string of the molecule is CCCCC(CCC)Cc1nc2ccccc2[nH]1. The van der Waals surface area contributed by atoms with Gasteiger partial charge < -0.3 is 4.98 Å². The zero-order valence-electron chi connectivity index (χ0n) is 11.6. The first-order chi connectivity index (χ1) is 8.83. The maximum atomic E-state index is 4.69. The molecule has 0 fully saturated rings. The molecule has 1 N–H and O–H groups in total. The van der Waals surface area contributed by atoms with E-state index in [4.69, 9.17) is 0 Å². The Morgan fingerprint density at radius 2 is 1.94 bits per heavy atom. The number of aromatic nitrogens is 2. The van der Waals surface area contributed by atoms with Crippen LogP contribution in [0.25, 0.3) is 11.0 Å². The first kappa shape index (κ1) is 13.1. The van der Waals surface area contributed by atoms with Crippen molar-refractivity contribution in [2.24, 2.45) is 5.92 Å². The molecule has 1 atom stereocenters. The summed E-state index contributed by atoms with van der Waals surface area (Å²) in [4.78, 5) is 8.14. The second-order valence-electron chi connectivity index (χ2n) is 5.20. The van der Waals surface area contributed by atoms with Gasteiger partial charge in [0.1, 0.15) is 5.82 Å². The quantitative estimate of drug-likeness (QED) is 0.750. The van der Waals surface area contributed by atoms with Crippen LogP contribution in [-0.4, -0.2) is 9.97 Å². The number of para-hydroxylation sites is 2. The maximum absolute atomic E-state index is 4.69. The fourth-order valence-electron chi connectivity index (χ4n) is 2.63. The summed E-state index contributed by atoms with van der Waals surface area (Å²) in [5.74, 6) is 1.95. The minimum atomic E-state index is 0.788. The van der Waals surface area contributed by atoms with Gasteiger partial charge in [0.05, 0.1) is 11.0 Å². The number of fused-ring (bicyclic) bond motifs is 1. The second-order valence-corrected chi connectivity index (χ2v) is 5.20. The minimum absolute atomic E-state index is 0.788. The Bertz CT molecular complexity index is 440. The van der Waals surface area contributed by atoms with E-state index >= 15 is 0 Å². The fourth-order valence-corrected chi connectivity index (χ4v) is 2.63. The fraction of sp³-hybridized carbons (Fsp3) is 0.562. The van der Waals surface area contributed by atoms with Gasteiger partial charge in [-0.25, -0.2) is 4.98 Å². The number of hydrogen-bond acceptors (Lipinski definition) is 1. The van der Waals surface area contributed by atoms with Crippen LogP contribution in [0, 0.1) is 5.92 Å². The molecule has 0 saturated carbocycles. The average Bonchev–Trinajstić information content (AvgIpc) is 2.78. The van der Waals surface area contributed by atoms with Gasteiger partial charge >= 0.3 is 0 Å². The standard InChI is InChI=1S/C16H24N2/c1-3-5-9-13(8-4-2)12-16-17-14-10-6-7-11-15(14)18-16/h6-7,10-11,13H,3-5,8-9,12H2,1-2H3,(H,17,18). The Labute approximate surface area is 110 Å². The van der Waals surface area contributed by atoms with Crippen molar-refractivity contribution < 1.29 is 0 Å². The van der Waals surface area contributed by atoms with E-state index < -0.39 is 0 Å². The predicted molar refractivity (Wildman–Crippen MR) is 77.7 cm³/mol. The van der Waals surface area contributed by atoms with Crippen LogP contribution in [-0.2, 0) is 6.42 Å². The van der Waals surface area contributed by atoms with E-state index in [1.54, 1.807) is 0 Å². The van der Waals surface area contributed by atoms with Crippen LogP contribution in [0.15, 0.2) is 24.3 Å². The number of imidazole rings is 1. The number of benzene rings is 1. The second kappa shape index (κ2) is 6.58. The zero-order chi connectivity index (χ0) is 12.8. The van der Waals surface area contributed by atoms with Gasteiger partial charge in [-0.1, -0.05) is 58.1 Å². The minimum Gasteiger partial charge on any atom is -0.342 e. The zero-order valence-corrected chi connectivity index (χ0v) is 11.6. The molecule has 0 bridgehead atoms. The summed E-state index contributed by atoms with van der Waals surface area (Å²) < 4.78 is 0. The van der Waals surface area contributed by atoms with Crippen molar-refractivity contribution in [2.45, 2.75) is 52.4 Å². The Balaban J connectivity index is 2.05. The Morgan fingerprint density at radius 1 is 1.11 bits per heavy atom. The van der Waals surface area contributed by atoms with Crippen LogP contribution >= 0.6 is 0 Å². The summed E-state index contributed by atoms with van der Waals surface area (Å²) in [6.07, 6.45) is 7.65. The molecule has 0 amide bonds. The smallest absolute Gasteiger partial charge is 0.107 e. The van der Waals surface area contributed by atoms with E-state index in [9.17, 15) is 0 Å².